The fourth-order valence-electron chi connectivity index (χ4n) is 6.94. The Bertz CT molecular complexity index is 1420. The molecule has 3 saturated heterocycles. The summed E-state index contributed by atoms with van der Waals surface area (Å²) in [6.45, 7) is 3.00. The number of rotatable bonds is 10. The monoisotopic (exact) mass is 562 g/mol. The Morgan fingerprint density at radius 3 is 2.65 bits per heavy atom. The molecule has 210 valence electrons. The number of unbranched alkanes of at least 4 members (excludes halogenated alkanes) is 1. The van der Waals surface area contributed by atoms with Crippen molar-refractivity contribution in [1.29, 1.82) is 0 Å². The molecule has 10 nitrogen and oxygen atoms in total. The number of benzene rings is 2. The van der Waals surface area contributed by atoms with Crippen molar-refractivity contribution in [3.63, 3.8) is 0 Å². The van der Waals surface area contributed by atoms with E-state index in [4.69, 9.17) is 0 Å². The van der Waals surface area contributed by atoms with E-state index in [0.29, 0.717) is 25.9 Å². The maximum atomic E-state index is 14.1. The Hall–Kier alpha value is -3.44. The van der Waals surface area contributed by atoms with Gasteiger partial charge in [-0.25, -0.2) is 4.68 Å². The van der Waals surface area contributed by atoms with Crippen molar-refractivity contribution in [2.45, 2.75) is 55.4 Å². The van der Waals surface area contributed by atoms with Gasteiger partial charge < -0.3 is 20.6 Å². The van der Waals surface area contributed by atoms with Gasteiger partial charge in [0.1, 0.15) is 18.2 Å². The molecule has 3 N–H and O–H groups in total. The summed E-state index contributed by atoms with van der Waals surface area (Å²) in [5, 5.41) is 23.8. The smallest absolute Gasteiger partial charge is 0.245 e. The molecule has 2 bridgehead atoms. The number of nitrogens with one attached hydrogen (secondary N) is 2. The number of carbonyl (C=O) groups is 3. The lowest BCUT2D eigenvalue weighted by atomic mass is 9.66. The van der Waals surface area contributed by atoms with E-state index in [2.05, 4.69) is 27.9 Å². The number of aromatic nitrogens is 3. The molecular weight excluding hydrogens is 528 g/mol. The highest BCUT2D eigenvalue weighted by Crippen LogP contribution is 2.68. The van der Waals surface area contributed by atoms with Crippen molar-refractivity contribution < 1.29 is 19.5 Å². The molecule has 3 aromatic rings. The largest absolute Gasteiger partial charge is 0.396 e. The molecule has 40 heavy (non-hydrogen) atoms. The van der Waals surface area contributed by atoms with Crippen molar-refractivity contribution in [1.82, 2.24) is 30.5 Å². The number of aliphatic hydroxyl groups excluding tert-OH is 1. The number of nitrogens with zero attached hydrogens (tertiary/aromatic N) is 4. The Labute approximate surface area is 236 Å². The van der Waals surface area contributed by atoms with Crippen molar-refractivity contribution in [2.75, 3.05) is 13.2 Å². The molecule has 0 saturated carbocycles. The van der Waals surface area contributed by atoms with Gasteiger partial charge in [0, 0.05) is 24.9 Å². The number of amides is 3. The van der Waals surface area contributed by atoms with Crippen LogP contribution in [0.1, 0.15) is 31.7 Å². The van der Waals surface area contributed by atoms with Gasteiger partial charge in [-0.3, -0.25) is 14.4 Å². The van der Waals surface area contributed by atoms with E-state index in [1.165, 1.54) is 0 Å². The zero-order valence-electron chi connectivity index (χ0n) is 22.4. The second kappa shape index (κ2) is 10.9. The molecule has 3 unspecified atom stereocenters. The summed E-state index contributed by atoms with van der Waals surface area (Å²) in [7, 11) is 0. The lowest BCUT2D eigenvalue weighted by molar-refractivity contribution is -0.140. The first-order valence-electron chi connectivity index (χ1n) is 13.9. The topological polar surface area (TPSA) is 129 Å². The van der Waals surface area contributed by atoms with Crippen LogP contribution in [0, 0.1) is 17.8 Å². The minimum atomic E-state index is -0.713. The van der Waals surface area contributed by atoms with Gasteiger partial charge in [-0.1, -0.05) is 54.6 Å². The van der Waals surface area contributed by atoms with Crippen LogP contribution in [-0.2, 0) is 27.6 Å². The summed E-state index contributed by atoms with van der Waals surface area (Å²) in [5.41, 5.74) is 2.54. The normalized spacial score (nSPS) is 28.7. The Morgan fingerprint density at radius 1 is 1.07 bits per heavy atom. The van der Waals surface area contributed by atoms with Crippen LogP contribution in [0.5, 0.6) is 0 Å². The van der Waals surface area contributed by atoms with Gasteiger partial charge in [0.15, 0.2) is 0 Å². The van der Waals surface area contributed by atoms with E-state index in [0.717, 1.165) is 23.0 Å². The van der Waals surface area contributed by atoms with Crippen LogP contribution in [0.3, 0.4) is 0 Å². The highest BCUT2D eigenvalue weighted by Gasteiger charge is 2.75. The molecule has 3 aliphatic heterocycles. The summed E-state index contributed by atoms with van der Waals surface area (Å²) in [6.07, 6.45) is 1.89. The van der Waals surface area contributed by atoms with Crippen LogP contribution in [-0.4, -0.2) is 71.9 Å². The number of fused-ring (bicyclic) bond motifs is 2. The van der Waals surface area contributed by atoms with Crippen LogP contribution in [0.15, 0.2) is 54.6 Å². The molecule has 0 aliphatic carbocycles. The SMILES string of the molecule is CC1C[C@@H]2SC13C(C(=O)NCn1nnc4ccccc41)N(CCCCO)C(=O)[C@@H]3[C@@H]2C(=O)NCc1ccccc1. The number of carbonyl (C=O) groups excluding carboxylic acids is 3. The van der Waals surface area contributed by atoms with Gasteiger partial charge in [0.25, 0.3) is 0 Å². The average Bonchev–Trinajstić information content (AvgIpc) is 3.69. The summed E-state index contributed by atoms with van der Waals surface area (Å²) in [4.78, 5) is 43.4. The third-order valence-electron chi connectivity index (χ3n) is 8.74. The molecule has 6 atom stereocenters. The van der Waals surface area contributed by atoms with Crippen molar-refractivity contribution in [2.24, 2.45) is 17.8 Å². The van der Waals surface area contributed by atoms with Crippen LogP contribution in [0.2, 0.25) is 0 Å². The zero-order valence-corrected chi connectivity index (χ0v) is 23.2. The lowest BCUT2D eigenvalue weighted by Crippen LogP contribution is -2.56. The quantitative estimate of drug-likeness (QED) is 0.322. The van der Waals surface area contributed by atoms with Crippen molar-refractivity contribution >= 4 is 40.5 Å². The predicted molar refractivity (Wildman–Crippen MR) is 151 cm³/mol. The first-order chi connectivity index (χ1) is 19.5. The highest BCUT2D eigenvalue weighted by atomic mass is 32.2. The maximum absolute atomic E-state index is 14.1. The van der Waals surface area contributed by atoms with Gasteiger partial charge in [0.2, 0.25) is 17.7 Å². The van der Waals surface area contributed by atoms with Crippen LogP contribution in [0.4, 0.5) is 0 Å². The number of para-hydroxylation sites is 1. The molecule has 6 rings (SSSR count). The van der Waals surface area contributed by atoms with Crippen LogP contribution in [0.25, 0.3) is 11.0 Å². The van der Waals surface area contributed by atoms with E-state index >= 15 is 0 Å². The Kier molecular flexibility index (Phi) is 7.26. The summed E-state index contributed by atoms with van der Waals surface area (Å²) >= 11 is 1.66. The zero-order chi connectivity index (χ0) is 27.9. The van der Waals surface area contributed by atoms with E-state index in [1.807, 2.05) is 54.6 Å². The summed E-state index contributed by atoms with van der Waals surface area (Å²) in [5.74, 6) is -1.48. The van der Waals surface area contributed by atoms with E-state index in [9.17, 15) is 19.5 Å². The summed E-state index contributed by atoms with van der Waals surface area (Å²) < 4.78 is 0.946. The fourth-order valence-corrected chi connectivity index (χ4v) is 9.36. The number of thioether (sulfide) groups is 1. The number of likely N-dealkylation sites (tertiary alicyclic amines) is 1. The Morgan fingerprint density at radius 2 is 1.85 bits per heavy atom. The lowest BCUT2D eigenvalue weighted by Gasteiger charge is -2.38. The molecule has 1 aromatic heterocycles. The Balaban J connectivity index is 1.26. The second-order valence-electron chi connectivity index (χ2n) is 11.0. The molecule has 11 heteroatoms. The molecule has 4 heterocycles. The molecular formula is C29H34N6O4S. The van der Waals surface area contributed by atoms with Gasteiger partial charge in [-0.2, -0.15) is 0 Å². The average molecular weight is 563 g/mol. The van der Waals surface area contributed by atoms with Crippen LogP contribution >= 0.6 is 11.8 Å². The van der Waals surface area contributed by atoms with E-state index in [-0.39, 0.29) is 42.2 Å². The van der Waals surface area contributed by atoms with E-state index < -0.39 is 22.6 Å². The summed E-state index contributed by atoms with van der Waals surface area (Å²) in [6, 6.07) is 16.5. The third kappa shape index (κ3) is 4.35. The minimum absolute atomic E-state index is 0.0184. The first kappa shape index (κ1) is 26.8. The molecule has 3 aliphatic rings. The molecule has 3 fully saturated rings. The first-order valence-corrected chi connectivity index (χ1v) is 14.8. The van der Waals surface area contributed by atoms with Crippen molar-refractivity contribution in [3.05, 3.63) is 60.2 Å². The number of aliphatic hydroxyl groups is 1. The second-order valence-corrected chi connectivity index (χ2v) is 12.5. The van der Waals surface area contributed by atoms with Gasteiger partial charge >= 0.3 is 0 Å². The standard InChI is InChI=1S/C29H34N6O4S/c1-18-15-22-23(26(37)30-16-19-9-3-2-4-10-19)24-28(39)34(13-7-8-14-36)25(29(18,24)40-22)27(38)31-17-35-21-12-6-5-11-20(21)32-33-35/h2-6,9-12,18,22-25,36H,7-8,13-17H2,1H3,(H,30,37)(H,31,38)/t18?,22-,23+,24-,25?,29?/m0/s1. The van der Waals surface area contributed by atoms with Crippen molar-refractivity contribution in [3.8, 4) is 0 Å². The minimum Gasteiger partial charge on any atom is -0.396 e. The molecule has 0 radical (unpaired) electrons. The van der Waals surface area contributed by atoms with Gasteiger partial charge in [0.05, 0.1) is 22.1 Å². The molecule has 2 aromatic carbocycles. The molecule has 1 spiro atoms. The van der Waals surface area contributed by atoms with E-state index in [1.54, 1.807) is 21.3 Å². The maximum Gasteiger partial charge on any atom is 0.245 e. The number of hydrogen-bond donors (Lipinski definition) is 3. The van der Waals surface area contributed by atoms with Gasteiger partial charge in [-0.15, -0.1) is 16.9 Å². The number of hydrogen-bond acceptors (Lipinski definition) is 7. The fraction of sp³-hybridized carbons (Fsp3) is 0.483. The third-order valence-corrected chi connectivity index (χ3v) is 10.8. The molecule has 3 amide bonds. The van der Waals surface area contributed by atoms with Crippen LogP contribution < -0.4 is 10.6 Å². The predicted octanol–water partition coefficient (Wildman–Crippen LogP) is 1.93. The van der Waals surface area contributed by atoms with Gasteiger partial charge in [-0.05, 0) is 42.9 Å². The highest BCUT2D eigenvalue weighted by molar-refractivity contribution is 8.02.